The predicted molar refractivity (Wildman–Crippen MR) is 92.5 cm³/mol. The number of alkyl halides is 3. The van der Waals surface area contributed by atoms with Gasteiger partial charge in [0.2, 0.25) is 0 Å². The molecule has 1 aliphatic heterocycles. The summed E-state index contributed by atoms with van der Waals surface area (Å²) >= 11 is 3.16. The van der Waals surface area contributed by atoms with Crippen molar-refractivity contribution in [1.82, 2.24) is 4.98 Å². The van der Waals surface area contributed by atoms with E-state index >= 15 is 0 Å². The number of nitrogens with one attached hydrogen (secondary N) is 1. The van der Waals surface area contributed by atoms with E-state index in [1.54, 1.807) is 0 Å². The van der Waals surface area contributed by atoms with Crippen molar-refractivity contribution in [2.24, 2.45) is 0 Å². The summed E-state index contributed by atoms with van der Waals surface area (Å²) in [5.74, 6) is -2.19. The molecular formula is C15H11BrF3N3O4S. The van der Waals surface area contributed by atoms with Crippen molar-refractivity contribution in [2.75, 3.05) is 16.6 Å². The second-order valence-electron chi connectivity index (χ2n) is 5.61. The number of fused-ring (bicyclic) bond motifs is 1. The lowest BCUT2D eigenvalue weighted by atomic mass is 10.2. The minimum absolute atomic E-state index is 0.0430. The third-order valence-electron chi connectivity index (χ3n) is 3.62. The Morgan fingerprint density at radius 1 is 1.30 bits per heavy atom. The average Bonchev–Trinajstić information content (AvgIpc) is 2.91. The highest BCUT2D eigenvalue weighted by molar-refractivity contribution is 9.10. The smallest absolute Gasteiger partial charge is 0.342 e. The highest BCUT2D eigenvalue weighted by atomic mass is 79.9. The molecule has 27 heavy (non-hydrogen) atoms. The van der Waals surface area contributed by atoms with E-state index in [1.165, 1.54) is 36.5 Å². The lowest BCUT2D eigenvalue weighted by molar-refractivity contribution is -0.201. The molecule has 0 radical (unpaired) electrons. The number of pyridine rings is 1. The number of hydrogen-bond acceptors (Lipinski definition) is 7. The van der Waals surface area contributed by atoms with Crippen LogP contribution in [0.25, 0.3) is 0 Å². The number of hydroxylamine groups is 1. The molecule has 1 unspecified atom stereocenters. The molecule has 0 saturated heterocycles. The molecule has 2 heterocycles. The van der Waals surface area contributed by atoms with Gasteiger partial charge in [0, 0.05) is 16.9 Å². The van der Waals surface area contributed by atoms with Crippen molar-refractivity contribution in [3.05, 3.63) is 46.6 Å². The number of carbonyl (C=O) groups is 1. The fraction of sp³-hybridized carbons (Fsp3) is 0.200. The van der Waals surface area contributed by atoms with Crippen LogP contribution in [0.5, 0.6) is 0 Å². The average molecular weight is 466 g/mol. The Morgan fingerprint density at radius 3 is 2.48 bits per heavy atom. The van der Waals surface area contributed by atoms with Crippen LogP contribution in [0.1, 0.15) is 11.7 Å². The number of anilines is 2. The molecule has 0 amide bonds. The van der Waals surface area contributed by atoms with E-state index < -0.39 is 28.1 Å². The first-order chi connectivity index (χ1) is 12.5. The summed E-state index contributed by atoms with van der Waals surface area (Å²) < 4.78 is 61.6. The quantitative estimate of drug-likeness (QED) is 0.744. The van der Waals surface area contributed by atoms with Crippen LogP contribution in [0.2, 0.25) is 0 Å². The van der Waals surface area contributed by atoms with E-state index in [1.807, 2.05) is 0 Å². The van der Waals surface area contributed by atoms with Crippen molar-refractivity contribution >= 4 is 43.2 Å². The molecule has 3 rings (SSSR count). The molecule has 2 aromatic rings. The van der Waals surface area contributed by atoms with E-state index in [0.717, 1.165) is 11.3 Å². The monoisotopic (exact) mass is 465 g/mol. The Balaban J connectivity index is 1.99. The molecule has 7 nitrogen and oxygen atoms in total. The first kappa shape index (κ1) is 19.4. The molecule has 0 spiro atoms. The maximum absolute atomic E-state index is 12.7. The largest absolute Gasteiger partial charge is 0.493 e. The minimum Gasteiger partial charge on any atom is -0.342 e. The number of benzene rings is 1. The van der Waals surface area contributed by atoms with Gasteiger partial charge in [-0.1, -0.05) is 12.1 Å². The Hall–Kier alpha value is -2.34. The van der Waals surface area contributed by atoms with E-state index in [4.69, 9.17) is 0 Å². The Labute approximate surface area is 160 Å². The predicted octanol–water partition coefficient (Wildman–Crippen LogP) is 3.20. The zero-order valence-corrected chi connectivity index (χ0v) is 15.9. The number of aromatic nitrogens is 1. The molecule has 1 aromatic carbocycles. The number of nitrogens with zero attached hydrogens (tertiary/aromatic N) is 2. The molecule has 0 fully saturated rings. The normalized spacial score (nSPS) is 16.6. The molecular weight excluding hydrogens is 455 g/mol. The van der Waals surface area contributed by atoms with Gasteiger partial charge in [0.15, 0.2) is 21.8 Å². The zero-order valence-electron chi connectivity index (χ0n) is 13.5. The van der Waals surface area contributed by atoms with Gasteiger partial charge in [-0.25, -0.2) is 18.2 Å². The molecule has 1 N–H and O–H groups in total. The Morgan fingerprint density at radius 2 is 1.93 bits per heavy atom. The molecule has 0 bridgehead atoms. The van der Waals surface area contributed by atoms with Crippen LogP contribution in [-0.2, 0) is 19.5 Å². The highest BCUT2D eigenvalue weighted by Gasteiger charge is 2.45. The van der Waals surface area contributed by atoms with Crippen molar-refractivity contribution in [3.8, 4) is 0 Å². The number of halogens is 4. The van der Waals surface area contributed by atoms with Crippen LogP contribution in [0, 0.1) is 0 Å². The number of sulfone groups is 1. The van der Waals surface area contributed by atoms with E-state index in [2.05, 4.69) is 31.1 Å². The first-order valence-corrected chi connectivity index (χ1v) is 9.96. The molecule has 0 aliphatic carbocycles. The summed E-state index contributed by atoms with van der Waals surface area (Å²) in [5.41, 5.74) is 0.477. The lowest BCUT2D eigenvalue weighted by Gasteiger charge is -2.25. The van der Waals surface area contributed by atoms with Crippen molar-refractivity contribution < 1.29 is 31.2 Å². The van der Waals surface area contributed by atoms with Gasteiger partial charge in [0.1, 0.15) is 5.69 Å². The summed E-state index contributed by atoms with van der Waals surface area (Å²) in [7, 11) is -3.44. The highest BCUT2D eigenvalue weighted by Crippen LogP contribution is 2.42. The van der Waals surface area contributed by atoms with Crippen molar-refractivity contribution in [2.45, 2.75) is 17.2 Å². The molecule has 1 aromatic heterocycles. The summed E-state index contributed by atoms with van der Waals surface area (Å²) in [5, 5.41) is 3.59. The van der Waals surface area contributed by atoms with Gasteiger partial charge in [-0.05, 0) is 39.7 Å². The van der Waals surface area contributed by atoms with Gasteiger partial charge in [0.05, 0.1) is 4.90 Å². The van der Waals surface area contributed by atoms with Crippen LogP contribution in [-0.4, -0.2) is 31.8 Å². The summed E-state index contributed by atoms with van der Waals surface area (Å²) in [4.78, 5) is 20.0. The number of hydrogen-bond donors (Lipinski definition) is 1. The van der Waals surface area contributed by atoms with E-state index in [-0.39, 0.29) is 16.4 Å². The molecule has 1 aliphatic rings. The first-order valence-electron chi connectivity index (χ1n) is 7.27. The van der Waals surface area contributed by atoms with E-state index in [9.17, 15) is 26.4 Å². The van der Waals surface area contributed by atoms with Crippen LogP contribution in [0.4, 0.5) is 24.7 Å². The molecule has 1 atom stereocenters. The van der Waals surface area contributed by atoms with Crippen LogP contribution in [0.15, 0.2) is 45.9 Å². The van der Waals surface area contributed by atoms with Gasteiger partial charge < -0.3 is 10.2 Å². The summed E-state index contributed by atoms with van der Waals surface area (Å²) in [6.07, 6.45) is -3.76. The second-order valence-corrected chi connectivity index (χ2v) is 8.54. The number of rotatable bonds is 3. The summed E-state index contributed by atoms with van der Waals surface area (Å²) in [6.45, 7) is 0. The fourth-order valence-corrected chi connectivity index (χ4v) is 3.34. The van der Waals surface area contributed by atoms with Crippen LogP contribution in [0.3, 0.4) is 0 Å². The van der Waals surface area contributed by atoms with Crippen LogP contribution >= 0.6 is 15.9 Å². The van der Waals surface area contributed by atoms with Crippen molar-refractivity contribution in [3.63, 3.8) is 0 Å². The lowest BCUT2D eigenvalue weighted by Crippen LogP contribution is -2.36. The van der Waals surface area contributed by atoms with Gasteiger partial charge in [-0.3, -0.25) is 0 Å². The SMILES string of the molecule is CS(=O)(=O)c1ccc(C2Nc3ncc(Br)cc3N2OC(=O)C(F)(F)F)cc1. The zero-order chi connectivity index (χ0) is 20.0. The van der Waals surface area contributed by atoms with Gasteiger partial charge in [-0.2, -0.15) is 18.2 Å². The molecule has 144 valence electrons. The Bertz CT molecular complexity index is 996. The maximum atomic E-state index is 12.7. The van der Waals surface area contributed by atoms with Gasteiger partial charge in [0.25, 0.3) is 0 Å². The fourth-order valence-electron chi connectivity index (χ4n) is 2.39. The minimum atomic E-state index is -5.19. The topological polar surface area (TPSA) is 88.6 Å². The third-order valence-corrected chi connectivity index (χ3v) is 5.18. The summed E-state index contributed by atoms with van der Waals surface area (Å²) in [6, 6.07) is 6.86. The standard InChI is InChI=1S/C15H11BrF3N3O4S/c1-27(24,25)10-4-2-8(3-5-10)13-21-12-11(6-9(16)7-20-12)22(13)26-14(23)15(17,18)19/h2-7,13H,1H3,(H,20,21). The molecule has 12 heteroatoms. The number of carbonyl (C=O) groups excluding carboxylic acids is 1. The van der Waals surface area contributed by atoms with Crippen molar-refractivity contribution in [1.29, 1.82) is 0 Å². The van der Waals surface area contributed by atoms with E-state index in [0.29, 0.717) is 10.0 Å². The van der Waals surface area contributed by atoms with Gasteiger partial charge in [-0.15, -0.1) is 0 Å². The second kappa shape index (κ2) is 6.68. The van der Waals surface area contributed by atoms with Gasteiger partial charge >= 0.3 is 12.1 Å². The Kier molecular flexibility index (Phi) is 4.80. The molecule has 0 saturated carbocycles. The van der Waals surface area contributed by atoms with Crippen LogP contribution < -0.4 is 10.4 Å². The maximum Gasteiger partial charge on any atom is 0.493 e. The third kappa shape index (κ3) is 4.00.